The van der Waals surface area contributed by atoms with Crippen molar-refractivity contribution in [3.63, 3.8) is 0 Å². The fraction of sp³-hybridized carbons (Fsp3) is 0.800. The molecule has 0 aromatic carbocycles. The van der Waals surface area contributed by atoms with Gasteiger partial charge in [0.2, 0.25) is 11.8 Å². The topological polar surface area (TPSA) is 54.5 Å². The lowest BCUT2D eigenvalue weighted by molar-refractivity contribution is -0.138. The Morgan fingerprint density at radius 1 is 1.40 bits per heavy atom. The van der Waals surface area contributed by atoms with Gasteiger partial charge in [0.25, 0.3) is 0 Å². The standard InChI is InChI=1S/C15H25NO3S/c1-5-8-15(3,4)20-12-10-13(18)16(14(12)19)9-6-7-11(2)17/h12H,5-10H2,1-4H3. The van der Waals surface area contributed by atoms with Gasteiger partial charge in [0.15, 0.2) is 0 Å². The molecule has 1 saturated heterocycles. The van der Waals surface area contributed by atoms with Crippen molar-refractivity contribution < 1.29 is 14.4 Å². The minimum atomic E-state index is -0.249. The lowest BCUT2D eigenvalue weighted by Gasteiger charge is -2.26. The van der Waals surface area contributed by atoms with Crippen LogP contribution in [0, 0.1) is 0 Å². The van der Waals surface area contributed by atoms with Crippen molar-refractivity contribution in [1.82, 2.24) is 4.90 Å². The van der Waals surface area contributed by atoms with Gasteiger partial charge < -0.3 is 4.79 Å². The molecule has 1 atom stereocenters. The molecule has 4 nitrogen and oxygen atoms in total. The molecule has 20 heavy (non-hydrogen) atoms. The number of carbonyl (C=O) groups excluding carboxylic acids is 3. The van der Waals surface area contributed by atoms with Crippen LogP contribution in [0.4, 0.5) is 0 Å². The van der Waals surface area contributed by atoms with Gasteiger partial charge in [-0.25, -0.2) is 0 Å². The third kappa shape index (κ3) is 4.93. The number of carbonyl (C=O) groups is 3. The number of nitrogens with zero attached hydrogens (tertiary/aromatic N) is 1. The number of hydrogen-bond acceptors (Lipinski definition) is 4. The van der Waals surface area contributed by atoms with E-state index in [9.17, 15) is 14.4 Å². The highest BCUT2D eigenvalue weighted by Crippen LogP contribution is 2.37. The molecule has 0 N–H and O–H groups in total. The number of rotatable bonds is 8. The van der Waals surface area contributed by atoms with E-state index in [-0.39, 0.29) is 27.6 Å². The third-order valence-corrected chi connectivity index (χ3v) is 4.92. The second-order valence-electron chi connectivity index (χ2n) is 6.01. The van der Waals surface area contributed by atoms with E-state index in [4.69, 9.17) is 0 Å². The average molecular weight is 299 g/mol. The summed E-state index contributed by atoms with van der Waals surface area (Å²) in [7, 11) is 0. The average Bonchev–Trinajstić information content (AvgIpc) is 2.55. The van der Waals surface area contributed by atoms with Crippen LogP contribution in [0.3, 0.4) is 0 Å². The second-order valence-corrected chi connectivity index (χ2v) is 7.92. The van der Waals surface area contributed by atoms with Crippen molar-refractivity contribution >= 4 is 29.4 Å². The van der Waals surface area contributed by atoms with Crippen molar-refractivity contribution in [2.75, 3.05) is 6.54 Å². The Morgan fingerprint density at radius 3 is 2.60 bits per heavy atom. The number of hydrogen-bond donors (Lipinski definition) is 0. The van der Waals surface area contributed by atoms with Gasteiger partial charge in [-0.3, -0.25) is 14.5 Å². The molecule has 1 aliphatic rings. The zero-order valence-corrected chi connectivity index (χ0v) is 13.7. The third-order valence-electron chi connectivity index (χ3n) is 3.43. The van der Waals surface area contributed by atoms with Crippen molar-refractivity contribution in [2.45, 2.75) is 69.8 Å². The van der Waals surface area contributed by atoms with Crippen molar-refractivity contribution in [3.05, 3.63) is 0 Å². The van der Waals surface area contributed by atoms with E-state index in [0.717, 1.165) is 12.8 Å². The highest BCUT2D eigenvalue weighted by molar-refractivity contribution is 8.02. The first kappa shape index (κ1) is 17.2. The second kappa shape index (κ2) is 7.25. The molecule has 0 aromatic rings. The molecule has 0 spiro atoms. The van der Waals surface area contributed by atoms with Crippen LogP contribution in [0.5, 0.6) is 0 Å². The van der Waals surface area contributed by atoms with Gasteiger partial charge in [-0.05, 0) is 19.8 Å². The zero-order valence-electron chi connectivity index (χ0n) is 12.9. The molecule has 0 saturated carbocycles. The summed E-state index contributed by atoms with van der Waals surface area (Å²) < 4.78 is 0.0186. The van der Waals surface area contributed by atoms with Crippen molar-refractivity contribution in [3.8, 4) is 0 Å². The van der Waals surface area contributed by atoms with Crippen LogP contribution >= 0.6 is 11.8 Å². The summed E-state index contributed by atoms with van der Waals surface area (Å²) in [4.78, 5) is 36.4. The largest absolute Gasteiger partial charge is 0.300 e. The van der Waals surface area contributed by atoms with Gasteiger partial charge in [-0.15, -0.1) is 11.8 Å². The lowest BCUT2D eigenvalue weighted by atomic mass is 10.1. The molecule has 0 aromatic heterocycles. The maximum atomic E-state index is 12.3. The Kier molecular flexibility index (Phi) is 6.24. The monoisotopic (exact) mass is 299 g/mol. The van der Waals surface area contributed by atoms with E-state index >= 15 is 0 Å². The SMILES string of the molecule is CCCC(C)(C)SC1CC(=O)N(CCCC(C)=O)C1=O. The summed E-state index contributed by atoms with van der Waals surface area (Å²) in [6.07, 6.45) is 3.40. The Morgan fingerprint density at radius 2 is 2.05 bits per heavy atom. The summed E-state index contributed by atoms with van der Waals surface area (Å²) in [6, 6.07) is 0. The summed E-state index contributed by atoms with van der Waals surface area (Å²) in [5.41, 5.74) is 0. The summed E-state index contributed by atoms with van der Waals surface area (Å²) in [6.45, 7) is 8.27. The maximum Gasteiger partial charge on any atom is 0.242 e. The van der Waals surface area contributed by atoms with E-state index in [1.165, 1.54) is 11.8 Å². The molecular weight excluding hydrogens is 274 g/mol. The van der Waals surface area contributed by atoms with Gasteiger partial charge >= 0.3 is 0 Å². The molecular formula is C15H25NO3S. The van der Waals surface area contributed by atoms with Gasteiger partial charge in [0, 0.05) is 24.1 Å². The summed E-state index contributed by atoms with van der Waals surface area (Å²) >= 11 is 1.61. The van der Waals surface area contributed by atoms with Crippen LogP contribution in [0.15, 0.2) is 0 Å². The highest BCUT2D eigenvalue weighted by Gasteiger charge is 2.41. The van der Waals surface area contributed by atoms with Gasteiger partial charge in [0.05, 0.1) is 5.25 Å². The predicted octanol–water partition coefficient (Wildman–Crippen LogP) is 2.80. The van der Waals surface area contributed by atoms with Crippen molar-refractivity contribution in [2.24, 2.45) is 0 Å². The first-order valence-electron chi connectivity index (χ1n) is 7.28. The Balaban J connectivity index is 2.55. The molecule has 5 heteroatoms. The minimum absolute atomic E-state index is 0.0186. The molecule has 1 rings (SSSR count). The lowest BCUT2D eigenvalue weighted by Crippen LogP contribution is -2.33. The molecule has 1 heterocycles. The number of likely N-dealkylation sites (tertiary alicyclic amines) is 1. The van der Waals surface area contributed by atoms with E-state index in [1.807, 2.05) is 0 Å². The Labute approximate surface area is 125 Å². The summed E-state index contributed by atoms with van der Waals surface area (Å²) in [5.74, 6) is -0.0739. The van der Waals surface area contributed by atoms with Crippen LogP contribution < -0.4 is 0 Å². The molecule has 2 amide bonds. The number of ketones is 1. The molecule has 1 unspecified atom stereocenters. The fourth-order valence-electron chi connectivity index (χ4n) is 2.51. The van der Waals surface area contributed by atoms with E-state index in [2.05, 4.69) is 20.8 Å². The molecule has 0 bridgehead atoms. The molecule has 0 radical (unpaired) electrons. The van der Waals surface area contributed by atoms with Crippen molar-refractivity contribution in [1.29, 1.82) is 0 Å². The van der Waals surface area contributed by atoms with Gasteiger partial charge in [-0.1, -0.05) is 27.2 Å². The first-order chi connectivity index (χ1) is 9.26. The van der Waals surface area contributed by atoms with E-state index in [1.54, 1.807) is 11.8 Å². The summed E-state index contributed by atoms with van der Waals surface area (Å²) in [5, 5.41) is -0.249. The number of amides is 2. The Bertz CT molecular complexity index is 393. The molecule has 1 aliphatic heterocycles. The number of imide groups is 1. The first-order valence-corrected chi connectivity index (χ1v) is 8.16. The molecule has 1 fully saturated rings. The minimum Gasteiger partial charge on any atom is -0.300 e. The molecule has 114 valence electrons. The maximum absolute atomic E-state index is 12.3. The Hall–Kier alpha value is -0.840. The van der Waals surface area contributed by atoms with E-state index < -0.39 is 0 Å². The quantitative estimate of drug-likeness (QED) is 0.647. The predicted molar refractivity (Wildman–Crippen MR) is 81.6 cm³/mol. The smallest absolute Gasteiger partial charge is 0.242 e. The highest BCUT2D eigenvalue weighted by atomic mass is 32.2. The molecule has 0 aliphatic carbocycles. The normalized spacial score (nSPS) is 19.8. The van der Waals surface area contributed by atoms with Crippen LogP contribution in [0.2, 0.25) is 0 Å². The van der Waals surface area contributed by atoms with Crippen LogP contribution in [0.25, 0.3) is 0 Å². The fourth-order valence-corrected chi connectivity index (χ4v) is 4.06. The van der Waals surface area contributed by atoms with Crippen LogP contribution in [-0.2, 0) is 14.4 Å². The van der Waals surface area contributed by atoms with E-state index in [0.29, 0.717) is 25.8 Å². The van der Waals surface area contributed by atoms with Crippen LogP contribution in [0.1, 0.15) is 59.8 Å². The number of thioether (sulfide) groups is 1. The zero-order chi connectivity index (χ0) is 15.3. The van der Waals surface area contributed by atoms with Gasteiger partial charge in [-0.2, -0.15) is 0 Å². The number of Topliss-reactive ketones (excluding diaryl/α,β-unsaturated/α-hetero) is 1. The van der Waals surface area contributed by atoms with Gasteiger partial charge in [0.1, 0.15) is 5.78 Å². The van der Waals surface area contributed by atoms with Crippen LogP contribution in [-0.4, -0.2) is 39.0 Å².